The Morgan fingerprint density at radius 2 is 2.00 bits per heavy atom. The summed E-state index contributed by atoms with van der Waals surface area (Å²) in [5.41, 5.74) is 6.69. The van der Waals surface area contributed by atoms with Crippen LogP contribution in [-0.4, -0.2) is 52.5 Å². The maximum Gasteiger partial charge on any atom is 0.254 e. The van der Waals surface area contributed by atoms with Gasteiger partial charge in [-0.3, -0.25) is 9.20 Å². The van der Waals surface area contributed by atoms with Crippen LogP contribution >= 0.6 is 0 Å². The first kappa shape index (κ1) is 24.5. The van der Waals surface area contributed by atoms with Crippen molar-refractivity contribution in [1.29, 1.82) is 0 Å². The lowest BCUT2D eigenvalue weighted by Crippen LogP contribution is -2.23. The molecule has 1 fully saturated rings. The van der Waals surface area contributed by atoms with Gasteiger partial charge in [-0.2, -0.15) is 0 Å². The second-order valence-corrected chi connectivity index (χ2v) is 10.2. The first-order valence-corrected chi connectivity index (χ1v) is 13.0. The molecular formula is C29H31FN6O2. The zero-order chi connectivity index (χ0) is 26.4. The van der Waals surface area contributed by atoms with Crippen molar-refractivity contribution in [2.75, 3.05) is 32.6 Å². The van der Waals surface area contributed by atoms with E-state index in [-0.39, 0.29) is 17.8 Å². The van der Waals surface area contributed by atoms with Gasteiger partial charge in [0.05, 0.1) is 28.8 Å². The van der Waals surface area contributed by atoms with Crippen LogP contribution in [0, 0.1) is 5.82 Å². The van der Waals surface area contributed by atoms with Gasteiger partial charge in [-0.1, -0.05) is 12.1 Å². The number of halogens is 1. The van der Waals surface area contributed by atoms with Crippen molar-refractivity contribution >= 4 is 23.1 Å². The van der Waals surface area contributed by atoms with E-state index in [1.54, 1.807) is 12.4 Å². The quantitative estimate of drug-likeness (QED) is 0.375. The average molecular weight is 515 g/mol. The summed E-state index contributed by atoms with van der Waals surface area (Å²) in [5.74, 6) is 0.653. The van der Waals surface area contributed by atoms with Gasteiger partial charge in [0.2, 0.25) is 0 Å². The minimum atomic E-state index is -0.338. The topological polar surface area (TPSA) is 83.8 Å². The Morgan fingerprint density at radius 1 is 1.18 bits per heavy atom. The molecule has 9 heteroatoms. The van der Waals surface area contributed by atoms with Gasteiger partial charge in [0, 0.05) is 43.6 Å². The summed E-state index contributed by atoms with van der Waals surface area (Å²) >= 11 is 0. The fourth-order valence-electron chi connectivity index (χ4n) is 5.47. The van der Waals surface area contributed by atoms with E-state index in [0.29, 0.717) is 35.2 Å². The molecule has 1 aromatic carbocycles. The molecule has 2 aliphatic heterocycles. The summed E-state index contributed by atoms with van der Waals surface area (Å²) in [6, 6.07) is 11.0. The van der Waals surface area contributed by atoms with E-state index < -0.39 is 0 Å². The van der Waals surface area contributed by atoms with Gasteiger partial charge in [0.1, 0.15) is 17.3 Å². The molecule has 0 bridgehead atoms. The first-order valence-electron chi connectivity index (χ1n) is 13.0. The van der Waals surface area contributed by atoms with Crippen LogP contribution in [0.5, 0.6) is 0 Å². The van der Waals surface area contributed by atoms with E-state index in [9.17, 15) is 9.18 Å². The van der Waals surface area contributed by atoms with Crippen LogP contribution in [0.1, 0.15) is 58.9 Å². The number of pyridine rings is 2. The minimum Gasteiger partial charge on any atom is -0.381 e. The standard InChI is InChI=1S/C29H31FN6O2/c1-17(35(2)3)28-20(18-9-12-38-13-10-18)5-7-25(34-28)33-23-6-4-21(22-15-32-29(37)27(22)23)24-16-31-26-14-19(30)8-11-36(24)26/h4-8,11,14,16-18H,9-10,12-13,15H2,1-3H3,(H,32,37)(H,33,34)/t17-/m0/s1. The van der Waals surface area contributed by atoms with Crippen LogP contribution in [0.4, 0.5) is 15.9 Å². The smallest absolute Gasteiger partial charge is 0.254 e. The van der Waals surface area contributed by atoms with Crippen LogP contribution in [0.25, 0.3) is 16.9 Å². The lowest BCUT2D eigenvalue weighted by Gasteiger charge is -2.28. The van der Waals surface area contributed by atoms with Crippen LogP contribution in [0.3, 0.4) is 0 Å². The Bertz CT molecular complexity index is 1530. The number of carbonyl (C=O) groups excluding carboxylic acids is 1. The molecule has 0 unspecified atom stereocenters. The highest BCUT2D eigenvalue weighted by molar-refractivity contribution is 6.06. The molecule has 4 aromatic rings. The Kier molecular flexibility index (Phi) is 6.33. The van der Waals surface area contributed by atoms with Crippen molar-refractivity contribution in [2.45, 2.75) is 38.3 Å². The molecule has 38 heavy (non-hydrogen) atoms. The Labute approximate surface area is 220 Å². The van der Waals surface area contributed by atoms with Crippen LogP contribution in [0.15, 0.2) is 48.8 Å². The van der Waals surface area contributed by atoms with Gasteiger partial charge in [0.15, 0.2) is 0 Å². The minimum absolute atomic E-state index is 0.131. The second kappa shape index (κ2) is 9.81. The molecule has 0 aliphatic carbocycles. The third kappa shape index (κ3) is 4.31. The van der Waals surface area contributed by atoms with E-state index in [2.05, 4.69) is 47.6 Å². The molecular weight excluding hydrogens is 483 g/mol. The van der Waals surface area contributed by atoms with E-state index in [1.807, 2.05) is 22.6 Å². The third-order valence-electron chi connectivity index (χ3n) is 7.77. The number of aromatic nitrogens is 3. The molecule has 1 saturated heterocycles. The van der Waals surface area contributed by atoms with Gasteiger partial charge < -0.3 is 20.3 Å². The summed E-state index contributed by atoms with van der Waals surface area (Å²) in [7, 11) is 4.12. The zero-order valence-corrected chi connectivity index (χ0v) is 21.8. The molecule has 6 rings (SSSR count). The number of benzene rings is 1. The largest absolute Gasteiger partial charge is 0.381 e. The maximum absolute atomic E-state index is 13.7. The average Bonchev–Trinajstić information content (AvgIpc) is 3.52. The van der Waals surface area contributed by atoms with Crippen LogP contribution in [0.2, 0.25) is 0 Å². The molecule has 0 spiro atoms. The maximum atomic E-state index is 13.7. The van der Waals surface area contributed by atoms with E-state index >= 15 is 0 Å². The Morgan fingerprint density at radius 3 is 2.79 bits per heavy atom. The van der Waals surface area contributed by atoms with Gasteiger partial charge in [-0.15, -0.1) is 0 Å². The highest BCUT2D eigenvalue weighted by atomic mass is 19.1. The number of nitrogens with zero attached hydrogens (tertiary/aromatic N) is 4. The molecule has 5 heterocycles. The number of anilines is 2. The van der Waals surface area contributed by atoms with Crippen molar-refractivity contribution in [1.82, 2.24) is 24.6 Å². The molecule has 2 aliphatic rings. The van der Waals surface area contributed by atoms with E-state index in [4.69, 9.17) is 9.72 Å². The van der Waals surface area contributed by atoms with Crippen molar-refractivity contribution < 1.29 is 13.9 Å². The zero-order valence-electron chi connectivity index (χ0n) is 21.8. The first-order chi connectivity index (χ1) is 18.4. The molecule has 0 radical (unpaired) electrons. The molecule has 1 atom stereocenters. The number of rotatable bonds is 6. The summed E-state index contributed by atoms with van der Waals surface area (Å²) < 4.78 is 21.1. The predicted molar refractivity (Wildman–Crippen MR) is 144 cm³/mol. The van der Waals surface area contributed by atoms with Gasteiger partial charge in [-0.05, 0) is 69.1 Å². The van der Waals surface area contributed by atoms with Crippen molar-refractivity contribution in [3.05, 3.63) is 77.0 Å². The predicted octanol–water partition coefficient (Wildman–Crippen LogP) is 5.04. The molecule has 196 valence electrons. The van der Waals surface area contributed by atoms with Gasteiger partial charge in [-0.25, -0.2) is 14.4 Å². The fraction of sp³-hybridized carbons (Fsp3) is 0.345. The van der Waals surface area contributed by atoms with E-state index in [1.165, 1.54) is 17.7 Å². The van der Waals surface area contributed by atoms with Gasteiger partial charge in [0.25, 0.3) is 5.91 Å². The fourth-order valence-corrected chi connectivity index (χ4v) is 5.47. The number of amides is 1. The number of hydrogen-bond donors (Lipinski definition) is 2. The number of fused-ring (bicyclic) bond motifs is 2. The number of hydrogen-bond acceptors (Lipinski definition) is 6. The summed E-state index contributed by atoms with van der Waals surface area (Å²) in [6.45, 7) is 4.12. The summed E-state index contributed by atoms with van der Waals surface area (Å²) in [4.78, 5) is 24.6. The lowest BCUT2D eigenvalue weighted by atomic mass is 9.88. The van der Waals surface area contributed by atoms with Crippen molar-refractivity contribution in [3.63, 3.8) is 0 Å². The normalized spacial score (nSPS) is 16.6. The highest BCUT2D eigenvalue weighted by Crippen LogP contribution is 2.37. The molecule has 2 N–H and O–H groups in total. The monoisotopic (exact) mass is 514 g/mol. The van der Waals surface area contributed by atoms with Crippen molar-refractivity contribution in [2.24, 2.45) is 0 Å². The molecule has 1 amide bonds. The van der Waals surface area contributed by atoms with E-state index in [0.717, 1.165) is 48.6 Å². The van der Waals surface area contributed by atoms with Crippen LogP contribution < -0.4 is 10.6 Å². The second-order valence-electron chi connectivity index (χ2n) is 10.2. The molecule has 0 saturated carbocycles. The number of ether oxygens (including phenoxy) is 1. The molecule has 3 aromatic heterocycles. The highest BCUT2D eigenvalue weighted by Gasteiger charge is 2.28. The number of nitrogens with one attached hydrogen (secondary N) is 2. The Balaban J connectivity index is 1.38. The SMILES string of the molecule is C[C@@H](c1nc(Nc2ccc(-c3cnc4cc(F)ccn34)c3c2C(=O)NC3)ccc1C1CCOCC1)N(C)C. The lowest BCUT2D eigenvalue weighted by molar-refractivity contribution is 0.0848. The number of carbonyl (C=O) groups is 1. The Hall–Kier alpha value is -3.82. The summed E-state index contributed by atoms with van der Waals surface area (Å²) in [6.07, 6.45) is 5.36. The van der Waals surface area contributed by atoms with Crippen LogP contribution in [-0.2, 0) is 11.3 Å². The number of imidazole rings is 1. The molecule has 8 nitrogen and oxygen atoms in total. The van der Waals surface area contributed by atoms with Crippen molar-refractivity contribution in [3.8, 4) is 11.3 Å². The summed E-state index contributed by atoms with van der Waals surface area (Å²) in [5, 5.41) is 6.39. The third-order valence-corrected chi connectivity index (χ3v) is 7.77. The van der Waals surface area contributed by atoms with Gasteiger partial charge >= 0.3 is 0 Å².